The van der Waals surface area contributed by atoms with Crippen LogP contribution < -0.4 is 5.32 Å². The van der Waals surface area contributed by atoms with Gasteiger partial charge in [0.1, 0.15) is 0 Å². The van der Waals surface area contributed by atoms with Crippen LogP contribution in [0.2, 0.25) is 5.02 Å². The first-order valence-electron chi connectivity index (χ1n) is 8.00. The van der Waals surface area contributed by atoms with Crippen LogP contribution >= 0.6 is 22.9 Å². The normalized spacial score (nSPS) is 14.5. The van der Waals surface area contributed by atoms with Crippen LogP contribution in [0, 0.1) is 0 Å². The quantitative estimate of drug-likeness (QED) is 0.506. The first-order chi connectivity index (χ1) is 13.3. The van der Waals surface area contributed by atoms with Crippen LogP contribution in [0.1, 0.15) is 16.0 Å². The van der Waals surface area contributed by atoms with E-state index in [1.807, 2.05) is 24.3 Å². The third kappa shape index (κ3) is 3.61. The van der Waals surface area contributed by atoms with E-state index in [0.717, 1.165) is 46.4 Å². The maximum Gasteiger partial charge on any atom is 0.416 e. The van der Waals surface area contributed by atoms with E-state index in [4.69, 9.17) is 11.6 Å². The van der Waals surface area contributed by atoms with E-state index in [0.29, 0.717) is 4.88 Å². The highest BCUT2D eigenvalue weighted by molar-refractivity contribution is 7.16. The van der Waals surface area contributed by atoms with Crippen molar-refractivity contribution in [1.29, 1.82) is 0 Å². The fourth-order valence-corrected chi connectivity index (χ4v) is 3.67. The zero-order valence-electron chi connectivity index (χ0n) is 14.0. The lowest BCUT2D eigenvalue weighted by Crippen LogP contribution is -2.05. The second-order valence-electron chi connectivity index (χ2n) is 5.90. The molecule has 142 valence electrons. The number of rotatable bonds is 3. The third-order valence-corrected chi connectivity index (χ3v) is 5.25. The SMILES string of the molecule is Oc1nc(Nc2cc(C(F)(F)F)ccc2Cl)sc1/C=C1\C=Nc2ccccc21. The van der Waals surface area contributed by atoms with Gasteiger partial charge < -0.3 is 10.4 Å². The Morgan fingerprint density at radius 3 is 2.71 bits per heavy atom. The van der Waals surface area contributed by atoms with Crippen molar-refractivity contribution < 1.29 is 18.3 Å². The summed E-state index contributed by atoms with van der Waals surface area (Å²) in [6, 6.07) is 10.5. The average molecular weight is 422 g/mol. The van der Waals surface area contributed by atoms with E-state index in [1.165, 1.54) is 0 Å². The number of anilines is 2. The Bertz CT molecular complexity index is 1120. The highest BCUT2D eigenvalue weighted by atomic mass is 35.5. The summed E-state index contributed by atoms with van der Waals surface area (Å²) in [6.07, 6.45) is -1.08. The number of nitrogens with zero attached hydrogens (tertiary/aromatic N) is 2. The molecule has 0 saturated heterocycles. The summed E-state index contributed by atoms with van der Waals surface area (Å²) in [7, 11) is 0. The molecule has 0 atom stereocenters. The van der Waals surface area contributed by atoms with Gasteiger partial charge in [-0.1, -0.05) is 41.1 Å². The van der Waals surface area contributed by atoms with Crippen molar-refractivity contribution in [3.63, 3.8) is 0 Å². The molecule has 0 amide bonds. The van der Waals surface area contributed by atoms with Gasteiger partial charge in [0.15, 0.2) is 5.13 Å². The number of nitrogens with one attached hydrogen (secondary N) is 1. The van der Waals surface area contributed by atoms with Crippen molar-refractivity contribution in [2.45, 2.75) is 6.18 Å². The average Bonchev–Trinajstić information content (AvgIpc) is 3.20. The number of aromatic hydroxyl groups is 1. The van der Waals surface area contributed by atoms with E-state index in [9.17, 15) is 18.3 Å². The number of fused-ring (bicyclic) bond motifs is 1. The van der Waals surface area contributed by atoms with Crippen LogP contribution in [-0.2, 0) is 6.18 Å². The molecule has 1 aromatic heterocycles. The smallest absolute Gasteiger partial charge is 0.416 e. The molecular weight excluding hydrogens is 411 g/mol. The molecule has 28 heavy (non-hydrogen) atoms. The van der Waals surface area contributed by atoms with E-state index >= 15 is 0 Å². The summed E-state index contributed by atoms with van der Waals surface area (Å²) in [5.41, 5.74) is 1.77. The molecule has 3 aromatic rings. The van der Waals surface area contributed by atoms with Crippen molar-refractivity contribution in [2.24, 2.45) is 4.99 Å². The molecule has 2 aromatic carbocycles. The van der Waals surface area contributed by atoms with Crippen molar-refractivity contribution in [3.8, 4) is 5.88 Å². The van der Waals surface area contributed by atoms with Crippen molar-refractivity contribution in [1.82, 2.24) is 4.98 Å². The van der Waals surface area contributed by atoms with Crippen LogP contribution in [0.5, 0.6) is 5.88 Å². The number of hydrogen-bond donors (Lipinski definition) is 2. The van der Waals surface area contributed by atoms with Crippen LogP contribution in [0.3, 0.4) is 0 Å². The van der Waals surface area contributed by atoms with Gasteiger partial charge in [-0.3, -0.25) is 4.99 Å². The van der Waals surface area contributed by atoms with Crippen molar-refractivity contribution >= 4 is 57.3 Å². The maximum atomic E-state index is 12.9. The van der Waals surface area contributed by atoms with Crippen LogP contribution in [0.25, 0.3) is 11.6 Å². The minimum absolute atomic E-state index is 0.0530. The van der Waals surface area contributed by atoms with E-state index in [-0.39, 0.29) is 21.7 Å². The van der Waals surface area contributed by atoms with Crippen LogP contribution in [-0.4, -0.2) is 16.3 Å². The van der Waals surface area contributed by atoms with Crippen LogP contribution in [0.4, 0.5) is 29.7 Å². The molecule has 0 fully saturated rings. The Morgan fingerprint density at radius 2 is 1.93 bits per heavy atom. The first kappa shape index (κ1) is 18.5. The maximum absolute atomic E-state index is 12.9. The number of hydrogen-bond acceptors (Lipinski definition) is 5. The Hall–Kier alpha value is -2.84. The predicted octanol–water partition coefficient (Wildman–Crippen LogP) is 6.52. The summed E-state index contributed by atoms with van der Waals surface area (Å²) >= 11 is 7.08. The van der Waals surface area contributed by atoms with E-state index in [1.54, 1.807) is 12.3 Å². The fourth-order valence-electron chi connectivity index (χ4n) is 2.68. The van der Waals surface area contributed by atoms with Crippen molar-refractivity contribution in [2.75, 3.05) is 5.32 Å². The molecule has 0 radical (unpaired) electrons. The number of para-hydroxylation sites is 1. The lowest BCUT2D eigenvalue weighted by atomic mass is 10.1. The monoisotopic (exact) mass is 421 g/mol. The number of aliphatic imine (C=N–C) groups is 1. The fraction of sp³-hybridized carbons (Fsp3) is 0.0526. The molecule has 2 heterocycles. The molecular formula is C19H11ClF3N3OS. The van der Waals surface area contributed by atoms with Gasteiger partial charge in [0, 0.05) is 17.4 Å². The Kier molecular flexibility index (Phi) is 4.60. The third-order valence-electron chi connectivity index (χ3n) is 4.01. The molecule has 9 heteroatoms. The Labute approximate surface area is 166 Å². The number of benzene rings is 2. The molecule has 0 saturated carbocycles. The molecule has 4 rings (SSSR count). The van der Waals surface area contributed by atoms with Crippen molar-refractivity contribution in [3.05, 3.63) is 63.5 Å². The number of thiazole rings is 1. The second kappa shape index (κ2) is 6.96. The highest BCUT2D eigenvalue weighted by Crippen LogP contribution is 2.39. The van der Waals surface area contributed by atoms with Gasteiger partial charge >= 0.3 is 6.18 Å². The summed E-state index contributed by atoms with van der Waals surface area (Å²) in [4.78, 5) is 8.71. The molecule has 0 bridgehead atoms. The first-order valence-corrected chi connectivity index (χ1v) is 9.19. The number of aromatic nitrogens is 1. The zero-order chi connectivity index (χ0) is 19.9. The largest absolute Gasteiger partial charge is 0.492 e. The van der Waals surface area contributed by atoms with E-state index in [2.05, 4.69) is 15.3 Å². The number of alkyl halides is 3. The summed E-state index contributed by atoms with van der Waals surface area (Å²) < 4.78 is 38.7. The lowest BCUT2D eigenvalue weighted by Gasteiger charge is -2.10. The van der Waals surface area contributed by atoms with Gasteiger partial charge in [0.25, 0.3) is 0 Å². The summed E-state index contributed by atoms with van der Waals surface area (Å²) in [5, 5.41) is 13.2. The molecule has 0 spiro atoms. The minimum Gasteiger partial charge on any atom is -0.492 e. The van der Waals surface area contributed by atoms with Gasteiger partial charge in [0.2, 0.25) is 5.88 Å². The molecule has 2 N–H and O–H groups in total. The minimum atomic E-state index is -4.49. The van der Waals surface area contributed by atoms with Crippen LogP contribution in [0.15, 0.2) is 47.5 Å². The molecule has 1 aliphatic rings. The summed E-state index contributed by atoms with van der Waals surface area (Å²) in [5.74, 6) is -0.235. The molecule has 0 aliphatic carbocycles. The number of halogens is 4. The topological polar surface area (TPSA) is 57.5 Å². The summed E-state index contributed by atoms with van der Waals surface area (Å²) in [6.45, 7) is 0. The zero-order valence-corrected chi connectivity index (χ0v) is 15.5. The predicted molar refractivity (Wildman–Crippen MR) is 106 cm³/mol. The molecule has 4 nitrogen and oxygen atoms in total. The Balaban J connectivity index is 1.63. The lowest BCUT2D eigenvalue weighted by molar-refractivity contribution is -0.137. The van der Waals surface area contributed by atoms with E-state index < -0.39 is 11.7 Å². The van der Waals surface area contributed by atoms with Gasteiger partial charge in [-0.05, 0) is 30.3 Å². The standard InChI is InChI=1S/C19H11ClF3N3OS/c20-13-6-5-11(19(21,22)23)8-15(13)25-18-26-17(27)16(28-18)7-10-9-24-14-4-2-1-3-12(10)14/h1-9,27H,(H,25,26)/b10-7+. The highest BCUT2D eigenvalue weighted by Gasteiger charge is 2.31. The number of allylic oxidation sites excluding steroid dienone is 1. The molecule has 1 aliphatic heterocycles. The van der Waals surface area contributed by atoms with Gasteiger partial charge in [-0.25, -0.2) is 0 Å². The Morgan fingerprint density at radius 1 is 1.14 bits per heavy atom. The second-order valence-corrected chi connectivity index (χ2v) is 7.34. The molecule has 0 unspecified atom stereocenters. The van der Waals surface area contributed by atoms with Gasteiger partial charge in [0.05, 0.1) is 26.8 Å². The van der Waals surface area contributed by atoms with Gasteiger partial charge in [-0.2, -0.15) is 18.2 Å². The van der Waals surface area contributed by atoms with Gasteiger partial charge in [-0.15, -0.1) is 0 Å².